The molecule has 3 atom stereocenters. The highest BCUT2D eigenvalue weighted by Gasteiger charge is 2.27. The Balaban J connectivity index is 4.17. The summed E-state index contributed by atoms with van der Waals surface area (Å²) in [6.45, 7) is 4.08. The van der Waals surface area contributed by atoms with Gasteiger partial charge < -0.3 is 21.1 Å². The number of carbonyl (C=O) groups excluding carboxylic acids is 1. The molecule has 0 aliphatic heterocycles. The van der Waals surface area contributed by atoms with Crippen molar-refractivity contribution >= 4 is 13.7 Å². The predicted octanol–water partition coefficient (Wildman–Crippen LogP) is 13.8. The fourth-order valence-electron chi connectivity index (χ4n) is 6.81. The quantitative estimate of drug-likeness (QED) is 0.0273. The predicted molar refractivity (Wildman–Crippen MR) is 249 cm³/mol. The van der Waals surface area contributed by atoms with E-state index >= 15 is 0 Å². The van der Waals surface area contributed by atoms with Gasteiger partial charge in [-0.05, 0) is 57.8 Å². The molecule has 0 aromatic rings. The van der Waals surface area contributed by atoms with E-state index < -0.39 is 20.0 Å². The molecule has 0 fully saturated rings. The van der Waals surface area contributed by atoms with Gasteiger partial charge >= 0.3 is 7.82 Å². The highest BCUT2D eigenvalue weighted by atomic mass is 31.2. The standard InChI is InChI=1S/C49H91N2O6P/c1-3-5-7-9-11-13-15-17-19-21-23-25-26-28-30-32-34-36-38-40-42-48(52)47(46-57-58(54,55)56-45-44-50)51-49(53)43-41-39-37-35-33-31-29-27-24-22-20-18-16-14-12-10-8-6-4-2/h6,8,12,14,18,20,24,27,31,33,47-48,52H,3-5,7,9-11,13,15-17,19,21-23,25-26,28-30,32,34-46,50H2,1-2H3,(H,51,53)(H,54,55)/b8-6-,14-12-,20-18-,27-24-,33-31-. The number of rotatable bonds is 44. The number of hydrogen-bond donors (Lipinski definition) is 4. The molecule has 0 spiro atoms. The molecule has 338 valence electrons. The molecule has 0 rings (SSSR count). The van der Waals surface area contributed by atoms with Gasteiger partial charge in [0.2, 0.25) is 5.91 Å². The summed E-state index contributed by atoms with van der Waals surface area (Å²) in [6, 6.07) is -0.795. The fourth-order valence-corrected chi connectivity index (χ4v) is 7.57. The van der Waals surface area contributed by atoms with Crippen molar-refractivity contribution in [1.82, 2.24) is 5.32 Å². The number of phosphoric ester groups is 1. The van der Waals surface area contributed by atoms with Gasteiger partial charge in [-0.2, -0.15) is 0 Å². The summed E-state index contributed by atoms with van der Waals surface area (Å²) in [5, 5.41) is 13.8. The van der Waals surface area contributed by atoms with Crippen LogP contribution in [0.25, 0.3) is 0 Å². The van der Waals surface area contributed by atoms with Crippen LogP contribution in [-0.4, -0.2) is 47.8 Å². The van der Waals surface area contributed by atoms with E-state index in [0.717, 1.165) is 77.0 Å². The van der Waals surface area contributed by atoms with Crippen molar-refractivity contribution in [1.29, 1.82) is 0 Å². The largest absolute Gasteiger partial charge is 0.472 e. The molecule has 0 heterocycles. The van der Waals surface area contributed by atoms with Gasteiger partial charge in [0.05, 0.1) is 25.4 Å². The molecule has 0 radical (unpaired) electrons. The van der Waals surface area contributed by atoms with E-state index in [1.807, 2.05) is 0 Å². The van der Waals surface area contributed by atoms with Crippen molar-refractivity contribution in [3.8, 4) is 0 Å². The van der Waals surface area contributed by atoms with Gasteiger partial charge in [0, 0.05) is 13.0 Å². The van der Waals surface area contributed by atoms with Crippen LogP contribution in [0.5, 0.6) is 0 Å². The Morgan fingerprint density at radius 3 is 1.45 bits per heavy atom. The highest BCUT2D eigenvalue weighted by Crippen LogP contribution is 2.43. The average molecular weight is 835 g/mol. The van der Waals surface area contributed by atoms with E-state index in [0.29, 0.717) is 12.8 Å². The van der Waals surface area contributed by atoms with Crippen LogP contribution >= 0.6 is 7.82 Å². The molecule has 0 saturated carbocycles. The van der Waals surface area contributed by atoms with Crippen molar-refractivity contribution in [3.05, 3.63) is 60.8 Å². The van der Waals surface area contributed by atoms with Crippen LogP contribution < -0.4 is 11.1 Å². The number of nitrogens with two attached hydrogens (primary N) is 1. The van der Waals surface area contributed by atoms with Crippen LogP contribution in [0.1, 0.15) is 213 Å². The van der Waals surface area contributed by atoms with Crippen LogP contribution in [0.15, 0.2) is 60.8 Å². The van der Waals surface area contributed by atoms with Gasteiger partial charge in [0.25, 0.3) is 0 Å². The van der Waals surface area contributed by atoms with Crippen LogP contribution in [0.3, 0.4) is 0 Å². The molecule has 0 aliphatic rings. The number of unbranched alkanes of at least 4 members (excludes halogenated alkanes) is 22. The normalized spacial score (nSPS) is 14.5. The number of nitrogens with one attached hydrogen (secondary N) is 1. The number of aliphatic hydroxyl groups is 1. The van der Waals surface area contributed by atoms with Crippen LogP contribution in [0.4, 0.5) is 0 Å². The van der Waals surface area contributed by atoms with Crippen LogP contribution in [0, 0.1) is 0 Å². The van der Waals surface area contributed by atoms with Gasteiger partial charge in [0.1, 0.15) is 0 Å². The first-order valence-corrected chi connectivity index (χ1v) is 25.4. The van der Waals surface area contributed by atoms with Crippen LogP contribution in [-0.2, 0) is 18.4 Å². The summed E-state index contributed by atoms with van der Waals surface area (Å²) < 4.78 is 22.2. The van der Waals surface area contributed by atoms with Gasteiger partial charge in [-0.25, -0.2) is 4.57 Å². The van der Waals surface area contributed by atoms with Crippen molar-refractivity contribution in [3.63, 3.8) is 0 Å². The van der Waals surface area contributed by atoms with Crippen LogP contribution in [0.2, 0.25) is 0 Å². The molecule has 8 nitrogen and oxygen atoms in total. The van der Waals surface area contributed by atoms with Gasteiger partial charge in [0.15, 0.2) is 0 Å². The molecule has 0 saturated heterocycles. The number of phosphoric acid groups is 1. The fraction of sp³-hybridized carbons (Fsp3) is 0.776. The topological polar surface area (TPSA) is 131 Å². The lowest BCUT2D eigenvalue weighted by Gasteiger charge is -2.25. The first-order valence-electron chi connectivity index (χ1n) is 23.9. The summed E-state index contributed by atoms with van der Waals surface area (Å²) in [7, 11) is -4.33. The van der Waals surface area contributed by atoms with Gasteiger partial charge in [-0.15, -0.1) is 0 Å². The zero-order chi connectivity index (χ0) is 42.5. The zero-order valence-corrected chi connectivity index (χ0v) is 38.4. The minimum absolute atomic E-state index is 0.0806. The molecule has 0 aromatic heterocycles. The summed E-state index contributed by atoms with van der Waals surface area (Å²) in [6.07, 6.45) is 56.6. The van der Waals surface area contributed by atoms with E-state index in [1.165, 1.54) is 109 Å². The molecular formula is C49H91N2O6P. The zero-order valence-electron chi connectivity index (χ0n) is 37.5. The summed E-state index contributed by atoms with van der Waals surface area (Å²) >= 11 is 0. The Labute approximate surface area is 357 Å². The average Bonchev–Trinajstić information content (AvgIpc) is 3.21. The first-order chi connectivity index (χ1) is 28.4. The lowest BCUT2D eigenvalue weighted by molar-refractivity contribution is -0.123. The molecule has 0 aliphatic carbocycles. The second-order valence-corrected chi connectivity index (χ2v) is 17.4. The van der Waals surface area contributed by atoms with Crippen molar-refractivity contribution in [2.24, 2.45) is 5.73 Å². The van der Waals surface area contributed by atoms with E-state index in [2.05, 4.69) is 79.9 Å². The second-order valence-electron chi connectivity index (χ2n) is 15.9. The Hall–Kier alpha value is -1.80. The van der Waals surface area contributed by atoms with Crippen molar-refractivity contribution in [2.45, 2.75) is 225 Å². The first kappa shape index (κ1) is 56.2. The minimum Gasteiger partial charge on any atom is -0.391 e. The number of hydrogen-bond acceptors (Lipinski definition) is 6. The maximum Gasteiger partial charge on any atom is 0.472 e. The second kappa shape index (κ2) is 44.7. The summed E-state index contributed by atoms with van der Waals surface area (Å²) in [4.78, 5) is 22.8. The monoisotopic (exact) mass is 835 g/mol. The third-order valence-corrected chi connectivity index (χ3v) is 11.4. The lowest BCUT2D eigenvalue weighted by Crippen LogP contribution is -2.46. The maximum atomic E-state index is 12.8. The van der Waals surface area contributed by atoms with Gasteiger partial charge in [-0.1, -0.05) is 209 Å². The summed E-state index contributed by atoms with van der Waals surface area (Å²) in [5.74, 6) is -0.193. The Morgan fingerprint density at radius 1 is 0.586 bits per heavy atom. The number of allylic oxidation sites excluding steroid dienone is 10. The van der Waals surface area contributed by atoms with E-state index in [4.69, 9.17) is 14.8 Å². The number of amides is 1. The number of aliphatic hydroxyl groups excluding tert-OH is 1. The molecule has 1 amide bonds. The van der Waals surface area contributed by atoms with E-state index in [-0.39, 0.29) is 25.7 Å². The SMILES string of the molecule is CC/C=C\C/C=C\C/C=C\C/C=C\C/C=C\CCCCCC(=O)NC(COP(=O)(O)OCCN)C(O)CCCCCCCCCCCCCCCCCCCCCC. The lowest BCUT2D eigenvalue weighted by atomic mass is 10.0. The van der Waals surface area contributed by atoms with E-state index in [9.17, 15) is 19.4 Å². The molecule has 0 bridgehead atoms. The third-order valence-electron chi connectivity index (χ3n) is 10.4. The molecule has 5 N–H and O–H groups in total. The molecular weight excluding hydrogens is 744 g/mol. The van der Waals surface area contributed by atoms with Crippen molar-refractivity contribution in [2.75, 3.05) is 19.8 Å². The van der Waals surface area contributed by atoms with Gasteiger partial charge in [-0.3, -0.25) is 13.8 Å². The Bertz CT molecular complexity index is 1090. The highest BCUT2D eigenvalue weighted by molar-refractivity contribution is 7.47. The third kappa shape index (κ3) is 42.3. The minimum atomic E-state index is -4.33. The molecule has 0 aromatic carbocycles. The molecule has 3 unspecified atom stereocenters. The smallest absolute Gasteiger partial charge is 0.391 e. The maximum absolute atomic E-state index is 12.8. The van der Waals surface area contributed by atoms with Crippen molar-refractivity contribution < 1.29 is 28.4 Å². The Kier molecular flexibility index (Phi) is 43.4. The molecule has 9 heteroatoms. The number of carbonyl (C=O) groups is 1. The summed E-state index contributed by atoms with van der Waals surface area (Å²) in [5.41, 5.74) is 5.39. The Morgan fingerprint density at radius 2 is 1.00 bits per heavy atom. The van der Waals surface area contributed by atoms with E-state index in [1.54, 1.807) is 0 Å². The molecule has 58 heavy (non-hydrogen) atoms.